The predicted molar refractivity (Wildman–Crippen MR) is 94.7 cm³/mol. The molecule has 6 nitrogen and oxygen atoms in total. The van der Waals surface area contributed by atoms with Crippen LogP contribution in [0.1, 0.15) is 35.8 Å². The van der Waals surface area contributed by atoms with E-state index in [1.165, 1.54) is 16.4 Å². The van der Waals surface area contributed by atoms with E-state index in [2.05, 4.69) is 10.1 Å². The molecule has 0 aliphatic carbocycles. The van der Waals surface area contributed by atoms with Crippen LogP contribution < -0.4 is 0 Å². The molecule has 1 atom stereocenters. The Morgan fingerprint density at radius 2 is 2.00 bits per heavy atom. The fourth-order valence-electron chi connectivity index (χ4n) is 3.54. The average Bonchev–Trinajstić information content (AvgIpc) is 3.22. The minimum atomic E-state index is -3.95. The van der Waals surface area contributed by atoms with Crippen molar-refractivity contribution in [3.63, 3.8) is 0 Å². The van der Waals surface area contributed by atoms with Crippen LogP contribution >= 0.6 is 0 Å². The van der Waals surface area contributed by atoms with Crippen LogP contribution in [0.5, 0.6) is 0 Å². The molecule has 1 aliphatic heterocycles. The van der Waals surface area contributed by atoms with E-state index in [9.17, 15) is 12.8 Å². The summed E-state index contributed by atoms with van der Waals surface area (Å²) in [5.41, 5.74) is 2.93. The number of rotatable bonds is 3. The van der Waals surface area contributed by atoms with Gasteiger partial charge in [-0.2, -0.15) is 9.40 Å². The van der Waals surface area contributed by atoms with E-state index in [0.29, 0.717) is 30.6 Å². The van der Waals surface area contributed by atoms with Gasteiger partial charge in [0, 0.05) is 18.8 Å². The lowest BCUT2D eigenvalue weighted by Crippen LogP contribution is -2.32. The van der Waals surface area contributed by atoms with Gasteiger partial charge in [-0.15, -0.1) is 0 Å². The van der Waals surface area contributed by atoms with Crippen LogP contribution in [0.3, 0.4) is 0 Å². The Balaban J connectivity index is 1.82. The summed E-state index contributed by atoms with van der Waals surface area (Å²) in [7, 11) is -3.95. The zero-order valence-electron chi connectivity index (χ0n) is 14.6. The second-order valence-electron chi connectivity index (χ2n) is 6.63. The summed E-state index contributed by atoms with van der Waals surface area (Å²) in [6, 6.07) is 7.39. The first-order valence-corrected chi connectivity index (χ1v) is 9.91. The predicted octanol–water partition coefficient (Wildman–Crippen LogP) is 3.01. The van der Waals surface area contributed by atoms with Crippen molar-refractivity contribution in [2.45, 2.75) is 37.6 Å². The van der Waals surface area contributed by atoms with Crippen molar-refractivity contribution in [2.75, 3.05) is 6.54 Å². The smallest absolute Gasteiger partial charge is 0.237 e. The number of benzene rings is 1. The van der Waals surface area contributed by atoms with Gasteiger partial charge < -0.3 is 0 Å². The van der Waals surface area contributed by atoms with E-state index in [1.54, 1.807) is 29.8 Å². The zero-order chi connectivity index (χ0) is 18.5. The highest BCUT2D eigenvalue weighted by molar-refractivity contribution is 7.89. The van der Waals surface area contributed by atoms with E-state index in [1.807, 2.05) is 13.0 Å². The lowest BCUT2D eigenvalue weighted by atomic mass is 10.1. The number of fused-ring (bicyclic) bond motifs is 1. The van der Waals surface area contributed by atoms with E-state index >= 15 is 0 Å². The second kappa shape index (κ2) is 6.14. The molecule has 3 aromatic rings. The van der Waals surface area contributed by atoms with E-state index < -0.39 is 21.9 Å². The Hall–Kier alpha value is -2.32. The Labute approximate surface area is 151 Å². The van der Waals surface area contributed by atoms with Gasteiger partial charge in [0.2, 0.25) is 10.0 Å². The molecule has 2 aromatic heterocycles. The van der Waals surface area contributed by atoms with Crippen molar-refractivity contribution in [2.24, 2.45) is 0 Å². The third-order valence-electron chi connectivity index (χ3n) is 4.73. The fourth-order valence-corrected chi connectivity index (χ4v) is 5.36. The molecule has 1 saturated heterocycles. The first kappa shape index (κ1) is 17.1. The van der Waals surface area contributed by atoms with Gasteiger partial charge in [0.05, 0.1) is 17.4 Å². The highest BCUT2D eigenvalue weighted by Crippen LogP contribution is 2.37. The van der Waals surface area contributed by atoms with Gasteiger partial charge in [0.1, 0.15) is 10.7 Å². The second-order valence-corrected chi connectivity index (χ2v) is 8.49. The largest absolute Gasteiger partial charge is 0.246 e. The molecule has 0 saturated carbocycles. The molecule has 3 heterocycles. The number of aryl methyl sites for hydroxylation is 2. The van der Waals surface area contributed by atoms with Crippen molar-refractivity contribution < 1.29 is 12.8 Å². The van der Waals surface area contributed by atoms with E-state index in [0.717, 1.165) is 11.4 Å². The molecule has 0 spiro atoms. The number of halogens is 1. The third-order valence-corrected chi connectivity index (χ3v) is 6.65. The highest BCUT2D eigenvalue weighted by atomic mass is 32.2. The molecule has 0 radical (unpaired) electrons. The summed E-state index contributed by atoms with van der Waals surface area (Å²) in [5, 5.41) is 4.44. The molecule has 0 bridgehead atoms. The minimum absolute atomic E-state index is 0.272. The van der Waals surface area contributed by atoms with Crippen molar-refractivity contribution in [1.82, 2.24) is 18.9 Å². The third kappa shape index (κ3) is 2.69. The molecule has 136 valence electrons. The van der Waals surface area contributed by atoms with Crippen molar-refractivity contribution in [1.29, 1.82) is 0 Å². The fraction of sp³-hybridized carbons (Fsp3) is 0.333. The first-order chi connectivity index (χ1) is 12.4. The van der Waals surface area contributed by atoms with Crippen LogP contribution in [0.2, 0.25) is 0 Å². The van der Waals surface area contributed by atoms with Crippen LogP contribution in [-0.2, 0) is 10.0 Å². The first-order valence-electron chi connectivity index (χ1n) is 8.47. The molecule has 0 N–H and O–H groups in total. The number of sulfonamides is 1. The molecule has 0 amide bonds. The lowest BCUT2D eigenvalue weighted by molar-refractivity contribution is 0.382. The maximum Gasteiger partial charge on any atom is 0.246 e. The highest BCUT2D eigenvalue weighted by Gasteiger charge is 2.38. The zero-order valence-corrected chi connectivity index (χ0v) is 15.4. The van der Waals surface area contributed by atoms with Gasteiger partial charge in [-0.3, -0.25) is 0 Å². The Kier molecular flexibility index (Phi) is 4.04. The molecule has 0 unspecified atom stereocenters. The summed E-state index contributed by atoms with van der Waals surface area (Å²) in [6.45, 7) is 3.97. The van der Waals surface area contributed by atoms with Crippen molar-refractivity contribution in [3.8, 4) is 0 Å². The van der Waals surface area contributed by atoms with E-state index in [4.69, 9.17) is 0 Å². The average molecular weight is 374 g/mol. The lowest BCUT2D eigenvalue weighted by Gasteiger charge is -2.25. The van der Waals surface area contributed by atoms with E-state index in [-0.39, 0.29) is 4.90 Å². The van der Waals surface area contributed by atoms with Crippen LogP contribution in [0.25, 0.3) is 5.65 Å². The normalized spacial score (nSPS) is 18.7. The summed E-state index contributed by atoms with van der Waals surface area (Å²) < 4.78 is 43.7. The van der Waals surface area contributed by atoms with Crippen LogP contribution in [-0.4, -0.2) is 33.9 Å². The van der Waals surface area contributed by atoms with Gasteiger partial charge in [-0.1, -0.05) is 6.07 Å². The molecule has 1 aromatic carbocycles. The maximum atomic E-state index is 14.3. The summed E-state index contributed by atoms with van der Waals surface area (Å²) in [4.78, 5) is 4.01. The molecular formula is C18H19FN4O2S. The summed E-state index contributed by atoms with van der Waals surface area (Å²) in [5.74, 6) is -0.726. The Bertz CT molecular complexity index is 1090. The van der Waals surface area contributed by atoms with Crippen molar-refractivity contribution >= 4 is 15.7 Å². The number of hydrogen-bond acceptors (Lipinski definition) is 4. The number of nitrogens with zero attached hydrogens (tertiary/aromatic N) is 4. The van der Waals surface area contributed by atoms with Gasteiger partial charge in [-0.25, -0.2) is 22.3 Å². The summed E-state index contributed by atoms with van der Waals surface area (Å²) in [6.07, 6.45) is 3.02. The molecule has 1 fully saturated rings. The Morgan fingerprint density at radius 3 is 2.81 bits per heavy atom. The standard InChI is InChI=1S/C18H19FN4O2S/c1-12-5-6-14(19)17(10-12)26(24,25)22-9-3-4-15(22)16-7-8-20-18-11-13(2)21-23(16)18/h5-8,10-11,15H,3-4,9H2,1-2H3/t15-/m0/s1. The molecular weight excluding hydrogens is 355 g/mol. The van der Waals surface area contributed by atoms with Gasteiger partial charge >= 0.3 is 0 Å². The van der Waals surface area contributed by atoms with Crippen molar-refractivity contribution in [3.05, 3.63) is 59.3 Å². The minimum Gasteiger partial charge on any atom is -0.237 e. The van der Waals surface area contributed by atoms with Crippen LogP contribution in [0.15, 0.2) is 41.4 Å². The number of hydrogen-bond donors (Lipinski definition) is 0. The molecule has 1 aliphatic rings. The molecule has 8 heteroatoms. The quantitative estimate of drug-likeness (QED) is 0.707. The van der Waals surface area contributed by atoms with Gasteiger partial charge in [0.25, 0.3) is 0 Å². The maximum absolute atomic E-state index is 14.3. The van der Waals surface area contributed by atoms with Gasteiger partial charge in [0.15, 0.2) is 5.65 Å². The molecule has 4 rings (SSSR count). The van der Waals surface area contributed by atoms with Gasteiger partial charge in [-0.05, 0) is 50.5 Å². The SMILES string of the molecule is Cc1ccc(F)c(S(=O)(=O)N2CCC[C@H]2c2ccnc3cc(C)nn23)c1. The van der Waals surface area contributed by atoms with Crippen LogP contribution in [0.4, 0.5) is 4.39 Å². The monoisotopic (exact) mass is 374 g/mol. The number of aromatic nitrogens is 3. The topological polar surface area (TPSA) is 67.6 Å². The Morgan fingerprint density at radius 1 is 1.19 bits per heavy atom. The summed E-state index contributed by atoms with van der Waals surface area (Å²) >= 11 is 0. The van der Waals surface area contributed by atoms with Crippen LogP contribution in [0, 0.1) is 19.7 Å². The molecule has 26 heavy (non-hydrogen) atoms.